The van der Waals surface area contributed by atoms with Gasteiger partial charge in [0.1, 0.15) is 0 Å². The van der Waals surface area contributed by atoms with E-state index >= 15 is 0 Å². The van der Waals surface area contributed by atoms with Gasteiger partial charge in [0.25, 0.3) is 0 Å². The van der Waals surface area contributed by atoms with E-state index in [0.29, 0.717) is 0 Å². The van der Waals surface area contributed by atoms with Crippen molar-refractivity contribution in [3.63, 3.8) is 0 Å². The van der Waals surface area contributed by atoms with Crippen molar-refractivity contribution in [2.45, 2.75) is 44.1 Å². The maximum atomic E-state index is 11.4. The second-order valence-corrected chi connectivity index (χ2v) is 7.90. The van der Waals surface area contributed by atoms with Gasteiger partial charge in [-0.1, -0.05) is 0 Å². The zero-order chi connectivity index (χ0) is 23.4. The molecule has 0 aliphatic carbocycles. The molecule has 178 valence electrons. The lowest BCUT2D eigenvalue weighted by atomic mass is 9.96. The Morgan fingerprint density at radius 1 is 0.774 bits per heavy atom. The molecule has 0 unspecified atom stereocenters. The van der Waals surface area contributed by atoms with Crippen LogP contribution in [-0.2, 0) is 14.4 Å². The van der Waals surface area contributed by atoms with Crippen molar-refractivity contribution in [3.05, 3.63) is 0 Å². The third-order valence-electron chi connectivity index (χ3n) is 5.37. The van der Waals surface area contributed by atoms with Crippen LogP contribution in [0.2, 0.25) is 0 Å². The van der Waals surface area contributed by atoms with E-state index in [1.807, 2.05) is 0 Å². The second-order valence-electron chi connectivity index (χ2n) is 7.90. The summed E-state index contributed by atoms with van der Waals surface area (Å²) in [5, 5.41) is 33.8. The summed E-state index contributed by atoms with van der Waals surface area (Å²) >= 11 is 0. The number of carboxylic acids is 3. The predicted octanol–water partition coefficient (Wildman–Crippen LogP) is -0.690. The van der Waals surface area contributed by atoms with Gasteiger partial charge in [0.05, 0.1) is 12.8 Å². The number of primary amides is 1. The largest absolute Gasteiger partial charge is 0.481 e. The first-order valence-electron chi connectivity index (χ1n) is 10.4. The molecule has 0 saturated carbocycles. The van der Waals surface area contributed by atoms with Crippen molar-refractivity contribution in [3.8, 4) is 0 Å². The minimum Gasteiger partial charge on any atom is -0.481 e. The number of nitrogens with zero attached hydrogens (tertiary/aromatic N) is 3. The lowest BCUT2D eigenvalue weighted by Gasteiger charge is -2.26. The third-order valence-corrected chi connectivity index (χ3v) is 5.37. The number of hydrogen-bond donors (Lipinski definition) is 5. The number of aliphatic hydroxyl groups is 1. The van der Waals surface area contributed by atoms with Gasteiger partial charge in [0.2, 0.25) is 0 Å². The Hall–Kier alpha value is -2.44. The Kier molecular flexibility index (Phi) is 11.2. The van der Waals surface area contributed by atoms with Crippen molar-refractivity contribution in [2.24, 2.45) is 5.73 Å². The first-order valence-corrected chi connectivity index (χ1v) is 10.4. The van der Waals surface area contributed by atoms with Gasteiger partial charge in [-0.2, -0.15) is 0 Å². The molecule has 6 N–H and O–H groups in total. The maximum absolute atomic E-state index is 11.4. The summed E-state index contributed by atoms with van der Waals surface area (Å²) in [4.78, 5) is 48.6. The normalized spacial score (nSPS) is 17.1. The summed E-state index contributed by atoms with van der Waals surface area (Å²) in [6.07, 6.45) is 2.90. The van der Waals surface area contributed by atoms with Crippen LogP contribution in [0.5, 0.6) is 0 Å². The highest BCUT2D eigenvalue weighted by molar-refractivity contribution is 5.88. The van der Waals surface area contributed by atoms with Crippen LogP contribution in [0.4, 0.5) is 4.79 Å². The van der Waals surface area contributed by atoms with Crippen LogP contribution < -0.4 is 5.73 Å². The number of carbonyl (C=O) groups excluding carboxylic acids is 1. The molecule has 0 atom stereocenters. The Balaban J connectivity index is 0.000000330. The topological polar surface area (TPSA) is 185 Å². The Labute approximate surface area is 181 Å². The van der Waals surface area contributed by atoms with E-state index in [2.05, 4.69) is 9.80 Å². The minimum atomic E-state index is -2.74. The SMILES string of the molecule is NC(=O)N(CCN1CCCC1)CCN1CCCC1.O=C(O)CC(O)(CC(=O)O)C(=O)O. The highest BCUT2D eigenvalue weighted by atomic mass is 16.4. The quantitative estimate of drug-likeness (QED) is 0.272. The number of hydrogen-bond acceptors (Lipinski definition) is 7. The summed E-state index contributed by atoms with van der Waals surface area (Å²) < 4.78 is 0. The van der Waals surface area contributed by atoms with Gasteiger partial charge in [-0.25, -0.2) is 9.59 Å². The zero-order valence-electron chi connectivity index (χ0n) is 17.7. The molecule has 0 spiro atoms. The van der Waals surface area contributed by atoms with Crippen molar-refractivity contribution in [1.82, 2.24) is 14.7 Å². The fourth-order valence-electron chi connectivity index (χ4n) is 3.58. The first-order chi connectivity index (χ1) is 14.5. The van der Waals surface area contributed by atoms with E-state index in [0.717, 1.165) is 26.2 Å². The highest BCUT2D eigenvalue weighted by Crippen LogP contribution is 2.15. The summed E-state index contributed by atoms with van der Waals surface area (Å²) in [5.74, 6) is -5.02. The van der Waals surface area contributed by atoms with Gasteiger partial charge in [0.15, 0.2) is 5.60 Å². The number of aliphatic carboxylic acids is 3. The average molecular weight is 447 g/mol. The molecule has 2 amide bonds. The number of likely N-dealkylation sites (tertiary alicyclic amines) is 2. The molecule has 2 rings (SSSR count). The number of carboxylic acid groups (broad SMARTS) is 3. The number of rotatable bonds is 11. The summed E-state index contributed by atoms with van der Waals surface area (Å²) in [6, 6.07) is -0.270. The predicted molar refractivity (Wildman–Crippen MR) is 110 cm³/mol. The van der Waals surface area contributed by atoms with E-state index in [1.165, 1.54) is 51.9 Å². The monoisotopic (exact) mass is 446 g/mol. The smallest absolute Gasteiger partial charge is 0.336 e. The molecule has 31 heavy (non-hydrogen) atoms. The van der Waals surface area contributed by atoms with Crippen LogP contribution in [0.1, 0.15) is 38.5 Å². The highest BCUT2D eigenvalue weighted by Gasteiger charge is 2.40. The molecule has 0 aromatic rings. The lowest BCUT2D eigenvalue weighted by molar-refractivity contribution is -0.170. The second kappa shape index (κ2) is 13.1. The summed E-state index contributed by atoms with van der Waals surface area (Å²) in [6.45, 7) is 8.23. The molecular formula is C19H34N4O8. The number of urea groups is 1. The van der Waals surface area contributed by atoms with Gasteiger partial charge in [-0.15, -0.1) is 0 Å². The fourth-order valence-corrected chi connectivity index (χ4v) is 3.58. The molecule has 2 fully saturated rings. The minimum absolute atomic E-state index is 0.270. The van der Waals surface area contributed by atoms with Crippen LogP contribution in [0, 0.1) is 0 Å². The first kappa shape index (κ1) is 26.6. The molecule has 2 aliphatic heterocycles. The van der Waals surface area contributed by atoms with Crippen molar-refractivity contribution in [1.29, 1.82) is 0 Å². The molecule has 12 heteroatoms. The molecule has 12 nitrogen and oxygen atoms in total. The van der Waals surface area contributed by atoms with Gasteiger partial charge in [-0.05, 0) is 51.9 Å². The molecular weight excluding hydrogens is 412 g/mol. The van der Waals surface area contributed by atoms with E-state index in [1.54, 1.807) is 4.90 Å². The lowest BCUT2D eigenvalue weighted by Crippen LogP contribution is -2.44. The average Bonchev–Trinajstić information content (AvgIpc) is 3.34. The van der Waals surface area contributed by atoms with Crippen LogP contribution in [0.25, 0.3) is 0 Å². The number of carbonyl (C=O) groups is 4. The van der Waals surface area contributed by atoms with Crippen molar-refractivity contribution < 1.29 is 39.6 Å². The van der Waals surface area contributed by atoms with Crippen LogP contribution in [-0.4, -0.2) is 117 Å². The van der Waals surface area contributed by atoms with E-state index in [4.69, 9.17) is 26.2 Å². The zero-order valence-corrected chi connectivity index (χ0v) is 17.7. The summed E-state index contributed by atoms with van der Waals surface area (Å²) in [5.41, 5.74) is 2.72. The summed E-state index contributed by atoms with van der Waals surface area (Å²) in [7, 11) is 0. The van der Waals surface area contributed by atoms with Gasteiger partial charge < -0.3 is 40.9 Å². The molecule has 2 heterocycles. The Bertz CT molecular complexity index is 582. The Morgan fingerprint density at radius 2 is 1.13 bits per heavy atom. The maximum Gasteiger partial charge on any atom is 0.336 e. The van der Waals surface area contributed by atoms with Crippen LogP contribution in [0.15, 0.2) is 0 Å². The fraction of sp³-hybridized carbons (Fsp3) is 0.789. The molecule has 0 radical (unpaired) electrons. The number of nitrogens with two attached hydrogens (primary N) is 1. The third kappa shape index (κ3) is 10.4. The van der Waals surface area contributed by atoms with E-state index in [9.17, 15) is 19.2 Å². The van der Waals surface area contributed by atoms with Gasteiger partial charge in [0, 0.05) is 26.2 Å². The van der Waals surface area contributed by atoms with Crippen molar-refractivity contribution in [2.75, 3.05) is 52.4 Å². The molecule has 2 aliphatic rings. The Morgan fingerprint density at radius 3 is 1.39 bits per heavy atom. The van der Waals surface area contributed by atoms with Crippen molar-refractivity contribution >= 4 is 23.9 Å². The van der Waals surface area contributed by atoms with E-state index in [-0.39, 0.29) is 6.03 Å². The van der Waals surface area contributed by atoms with E-state index < -0.39 is 36.4 Å². The van der Waals surface area contributed by atoms with Gasteiger partial charge >= 0.3 is 23.9 Å². The molecule has 0 aromatic carbocycles. The number of amides is 2. The standard InChI is InChI=1S/C13H26N4O.C6H8O7/c14-13(18)17(11-9-15-5-1-2-6-15)12-10-16-7-3-4-8-16;7-3(8)1-6(13,5(11)12)2-4(9)10/h1-12H2,(H2,14,18);13H,1-2H2,(H,7,8)(H,9,10)(H,11,12). The molecule has 0 aromatic heterocycles. The van der Waals surface area contributed by atoms with Crippen LogP contribution in [0.3, 0.4) is 0 Å². The molecule has 2 saturated heterocycles. The van der Waals surface area contributed by atoms with Crippen LogP contribution >= 0.6 is 0 Å². The van der Waals surface area contributed by atoms with Gasteiger partial charge in [-0.3, -0.25) is 9.59 Å². The molecule has 0 bridgehead atoms.